The number of hydrogen-bond donors (Lipinski definition) is 1. The highest BCUT2D eigenvalue weighted by Crippen LogP contribution is 2.32. The second-order valence-corrected chi connectivity index (χ2v) is 6.96. The monoisotopic (exact) mass is 281 g/mol. The van der Waals surface area contributed by atoms with E-state index in [4.69, 9.17) is 0 Å². The van der Waals surface area contributed by atoms with Gasteiger partial charge in [-0.05, 0) is 26.2 Å². The highest BCUT2D eigenvalue weighted by Gasteiger charge is 2.42. The van der Waals surface area contributed by atoms with Crippen LogP contribution in [-0.2, 0) is 6.54 Å². The zero-order chi connectivity index (χ0) is 13.9. The third-order valence-corrected chi connectivity index (χ3v) is 5.73. The van der Waals surface area contributed by atoms with E-state index >= 15 is 0 Å². The minimum atomic E-state index is 0.241. The predicted molar refractivity (Wildman–Crippen MR) is 82.5 cm³/mol. The summed E-state index contributed by atoms with van der Waals surface area (Å²) in [5.41, 5.74) is 0.533. The Kier molecular flexibility index (Phi) is 4.64. The van der Waals surface area contributed by atoms with Gasteiger partial charge in [-0.15, -0.1) is 11.3 Å². The topological polar surface area (TPSA) is 28.2 Å². The SMILES string of the molecule is CCC1(C)CN(Cc2nccs2)C(CC)(CC)CN1. The number of thiazole rings is 1. The van der Waals surface area contributed by atoms with Crippen molar-refractivity contribution in [2.75, 3.05) is 13.1 Å². The minimum absolute atomic E-state index is 0.241. The van der Waals surface area contributed by atoms with E-state index in [0.717, 1.165) is 19.6 Å². The molecule has 1 aromatic rings. The Morgan fingerprint density at radius 1 is 1.32 bits per heavy atom. The molecule has 1 aliphatic heterocycles. The molecule has 1 aromatic heterocycles. The van der Waals surface area contributed by atoms with Gasteiger partial charge in [-0.1, -0.05) is 20.8 Å². The number of nitrogens with zero attached hydrogens (tertiary/aromatic N) is 2. The Morgan fingerprint density at radius 3 is 2.58 bits per heavy atom. The lowest BCUT2D eigenvalue weighted by Gasteiger charge is -2.53. The third-order valence-electron chi connectivity index (χ3n) is 4.96. The molecular weight excluding hydrogens is 254 g/mol. The molecule has 0 saturated carbocycles. The molecule has 1 atom stereocenters. The molecule has 0 aliphatic carbocycles. The molecule has 0 radical (unpaired) electrons. The Labute approximate surface area is 121 Å². The maximum Gasteiger partial charge on any atom is 0.107 e. The van der Waals surface area contributed by atoms with Crippen molar-refractivity contribution >= 4 is 11.3 Å². The van der Waals surface area contributed by atoms with Crippen molar-refractivity contribution in [3.63, 3.8) is 0 Å². The van der Waals surface area contributed by atoms with E-state index < -0.39 is 0 Å². The van der Waals surface area contributed by atoms with E-state index in [2.05, 4.69) is 48.3 Å². The Bertz CT molecular complexity index is 386. The van der Waals surface area contributed by atoms with Gasteiger partial charge in [0.1, 0.15) is 5.01 Å². The van der Waals surface area contributed by atoms with Gasteiger partial charge >= 0.3 is 0 Å². The lowest BCUT2D eigenvalue weighted by atomic mass is 9.82. The highest BCUT2D eigenvalue weighted by atomic mass is 32.1. The largest absolute Gasteiger partial charge is 0.308 e. The van der Waals surface area contributed by atoms with Crippen LogP contribution in [0, 0.1) is 0 Å². The smallest absolute Gasteiger partial charge is 0.107 e. The molecule has 1 saturated heterocycles. The average molecular weight is 281 g/mol. The molecule has 0 spiro atoms. The van der Waals surface area contributed by atoms with Gasteiger partial charge in [0.15, 0.2) is 0 Å². The van der Waals surface area contributed by atoms with Crippen LogP contribution in [0.15, 0.2) is 11.6 Å². The molecule has 0 amide bonds. The maximum absolute atomic E-state index is 4.47. The number of nitrogens with one attached hydrogen (secondary N) is 1. The fourth-order valence-corrected chi connectivity index (χ4v) is 3.67. The summed E-state index contributed by atoms with van der Waals surface area (Å²) in [7, 11) is 0. The quantitative estimate of drug-likeness (QED) is 0.898. The Balaban J connectivity index is 2.20. The number of piperazine rings is 1. The standard InChI is InChI=1S/C15H27N3S/c1-5-14(4)12-18(10-13-16-8-9-19-13)15(6-2,7-3)11-17-14/h8-9,17H,5-7,10-12H2,1-4H3. The van der Waals surface area contributed by atoms with Gasteiger partial charge in [0.2, 0.25) is 0 Å². The van der Waals surface area contributed by atoms with E-state index in [-0.39, 0.29) is 5.54 Å². The van der Waals surface area contributed by atoms with Crippen molar-refractivity contribution in [3.8, 4) is 0 Å². The Morgan fingerprint density at radius 2 is 2.05 bits per heavy atom. The molecule has 108 valence electrons. The maximum atomic E-state index is 4.47. The van der Waals surface area contributed by atoms with Crippen LogP contribution in [0.4, 0.5) is 0 Å². The molecule has 4 heteroatoms. The molecule has 0 bridgehead atoms. The zero-order valence-corrected chi connectivity index (χ0v) is 13.5. The number of rotatable bonds is 5. The van der Waals surface area contributed by atoms with Crippen LogP contribution in [-0.4, -0.2) is 34.1 Å². The van der Waals surface area contributed by atoms with Gasteiger partial charge in [0.25, 0.3) is 0 Å². The van der Waals surface area contributed by atoms with Crippen LogP contribution in [0.5, 0.6) is 0 Å². The molecule has 1 fully saturated rings. The normalized spacial score (nSPS) is 27.6. The average Bonchev–Trinajstić information content (AvgIpc) is 2.93. The first kappa shape index (κ1) is 14.9. The summed E-state index contributed by atoms with van der Waals surface area (Å²) in [6, 6.07) is 0. The molecule has 2 heterocycles. The number of hydrogen-bond acceptors (Lipinski definition) is 4. The fraction of sp³-hybridized carbons (Fsp3) is 0.800. The summed E-state index contributed by atoms with van der Waals surface area (Å²) in [6.45, 7) is 12.5. The van der Waals surface area contributed by atoms with Crippen molar-refractivity contribution in [1.29, 1.82) is 0 Å². The first-order valence-corrected chi connectivity index (χ1v) is 8.34. The molecule has 19 heavy (non-hydrogen) atoms. The van der Waals surface area contributed by atoms with E-state index in [1.54, 1.807) is 11.3 Å². The summed E-state index contributed by atoms with van der Waals surface area (Å²) in [5, 5.41) is 7.11. The van der Waals surface area contributed by atoms with E-state index in [9.17, 15) is 0 Å². The lowest BCUT2D eigenvalue weighted by molar-refractivity contribution is -0.00411. The molecule has 2 rings (SSSR count). The van der Waals surface area contributed by atoms with Crippen molar-refractivity contribution in [2.45, 2.75) is 64.6 Å². The van der Waals surface area contributed by atoms with Crippen molar-refractivity contribution < 1.29 is 0 Å². The third kappa shape index (κ3) is 3.01. The van der Waals surface area contributed by atoms with Gasteiger partial charge in [-0.2, -0.15) is 0 Å². The van der Waals surface area contributed by atoms with Crippen molar-refractivity contribution in [3.05, 3.63) is 16.6 Å². The van der Waals surface area contributed by atoms with Gasteiger partial charge < -0.3 is 5.32 Å². The number of aromatic nitrogens is 1. The van der Waals surface area contributed by atoms with Gasteiger partial charge in [-0.3, -0.25) is 4.90 Å². The summed E-state index contributed by atoms with van der Waals surface area (Å²) in [5.74, 6) is 0. The van der Waals surface area contributed by atoms with Crippen LogP contribution in [0.1, 0.15) is 52.0 Å². The summed E-state index contributed by atoms with van der Waals surface area (Å²) in [6.07, 6.45) is 5.48. The van der Waals surface area contributed by atoms with Gasteiger partial charge in [0.05, 0.1) is 6.54 Å². The molecule has 1 aliphatic rings. The lowest BCUT2D eigenvalue weighted by Crippen LogP contribution is -2.68. The molecule has 1 unspecified atom stereocenters. The predicted octanol–water partition coefficient (Wildman–Crippen LogP) is 3.28. The van der Waals surface area contributed by atoms with Crippen LogP contribution in [0.2, 0.25) is 0 Å². The second-order valence-electron chi connectivity index (χ2n) is 5.98. The zero-order valence-electron chi connectivity index (χ0n) is 12.7. The van der Waals surface area contributed by atoms with Gasteiger partial charge in [0, 0.05) is 35.7 Å². The Hall–Kier alpha value is -0.450. The van der Waals surface area contributed by atoms with Crippen LogP contribution < -0.4 is 5.32 Å². The first-order chi connectivity index (χ1) is 9.07. The molecule has 0 aromatic carbocycles. The van der Waals surface area contributed by atoms with E-state index in [0.29, 0.717) is 5.54 Å². The first-order valence-electron chi connectivity index (χ1n) is 7.46. The summed E-state index contributed by atoms with van der Waals surface area (Å²) >= 11 is 1.77. The molecular formula is C15H27N3S. The van der Waals surface area contributed by atoms with Crippen LogP contribution in [0.3, 0.4) is 0 Å². The van der Waals surface area contributed by atoms with Crippen molar-refractivity contribution in [1.82, 2.24) is 15.2 Å². The van der Waals surface area contributed by atoms with Crippen molar-refractivity contribution in [2.24, 2.45) is 0 Å². The summed E-state index contributed by atoms with van der Waals surface area (Å²) in [4.78, 5) is 7.15. The highest BCUT2D eigenvalue weighted by molar-refractivity contribution is 7.09. The fourth-order valence-electron chi connectivity index (χ4n) is 3.04. The molecule has 3 nitrogen and oxygen atoms in total. The van der Waals surface area contributed by atoms with Gasteiger partial charge in [-0.25, -0.2) is 4.98 Å². The van der Waals surface area contributed by atoms with E-state index in [1.165, 1.54) is 24.3 Å². The van der Waals surface area contributed by atoms with Crippen LogP contribution >= 0.6 is 11.3 Å². The second kappa shape index (κ2) is 5.90. The summed E-state index contributed by atoms with van der Waals surface area (Å²) < 4.78 is 0. The minimum Gasteiger partial charge on any atom is -0.308 e. The molecule has 1 N–H and O–H groups in total. The van der Waals surface area contributed by atoms with Crippen LogP contribution in [0.25, 0.3) is 0 Å². The van der Waals surface area contributed by atoms with E-state index in [1.807, 2.05) is 6.20 Å².